The van der Waals surface area contributed by atoms with E-state index in [4.69, 9.17) is 0 Å². The smallest absolute Gasteiger partial charge is 0.220 e. The van der Waals surface area contributed by atoms with Crippen LogP contribution in [0.15, 0.2) is 0 Å². The van der Waals surface area contributed by atoms with Gasteiger partial charge in [-0.1, -0.05) is 32.1 Å². The first-order chi connectivity index (χ1) is 6.34. The van der Waals surface area contributed by atoms with Gasteiger partial charge in [-0.3, -0.25) is 4.79 Å². The molecule has 2 rings (SSSR count). The second-order valence-electron chi connectivity index (χ2n) is 4.61. The normalized spacial score (nSPS) is 30.5. The lowest BCUT2D eigenvalue weighted by Gasteiger charge is -2.23. The summed E-state index contributed by atoms with van der Waals surface area (Å²) in [6.45, 7) is 0.940. The second kappa shape index (κ2) is 4.12. The van der Waals surface area contributed by atoms with Crippen molar-refractivity contribution < 1.29 is 4.79 Å². The average Bonchev–Trinajstić information content (AvgIpc) is 2.53. The van der Waals surface area contributed by atoms with Crippen LogP contribution in [0.2, 0.25) is 0 Å². The Morgan fingerprint density at radius 2 is 1.92 bits per heavy atom. The van der Waals surface area contributed by atoms with E-state index in [2.05, 4.69) is 5.32 Å². The molecule has 1 unspecified atom stereocenters. The Balaban J connectivity index is 1.73. The lowest BCUT2D eigenvalue weighted by atomic mass is 9.82. The highest BCUT2D eigenvalue weighted by Crippen LogP contribution is 2.30. The Kier molecular flexibility index (Phi) is 2.87. The summed E-state index contributed by atoms with van der Waals surface area (Å²) in [6, 6.07) is 0. The third-order valence-corrected chi connectivity index (χ3v) is 3.45. The molecule has 0 spiro atoms. The summed E-state index contributed by atoms with van der Waals surface area (Å²) in [5.41, 5.74) is 0. The summed E-state index contributed by atoms with van der Waals surface area (Å²) in [6.07, 6.45) is 9.15. The molecular formula is C11H19NO. The van der Waals surface area contributed by atoms with E-state index in [0.29, 0.717) is 5.92 Å². The second-order valence-corrected chi connectivity index (χ2v) is 4.61. The molecule has 0 radical (unpaired) electrons. The molecule has 13 heavy (non-hydrogen) atoms. The van der Waals surface area contributed by atoms with Gasteiger partial charge >= 0.3 is 0 Å². The minimum atomic E-state index is 0.265. The van der Waals surface area contributed by atoms with Crippen LogP contribution in [0, 0.1) is 11.8 Å². The Hall–Kier alpha value is -0.530. The number of amides is 1. The first kappa shape index (κ1) is 9.04. The molecule has 1 amide bonds. The Bertz CT molecular complexity index is 185. The molecule has 1 N–H and O–H groups in total. The highest BCUT2D eigenvalue weighted by Gasteiger charge is 2.25. The van der Waals surface area contributed by atoms with E-state index in [1.54, 1.807) is 0 Å². The van der Waals surface area contributed by atoms with Gasteiger partial charge in [0.15, 0.2) is 0 Å². The molecule has 0 aromatic carbocycles. The van der Waals surface area contributed by atoms with E-state index in [0.717, 1.165) is 18.9 Å². The number of hydrogen-bond donors (Lipinski definition) is 1. The fourth-order valence-electron chi connectivity index (χ4n) is 2.73. The van der Waals surface area contributed by atoms with Crippen molar-refractivity contribution in [2.45, 2.75) is 44.9 Å². The van der Waals surface area contributed by atoms with Crippen LogP contribution in [-0.2, 0) is 4.79 Å². The zero-order valence-corrected chi connectivity index (χ0v) is 8.22. The topological polar surface area (TPSA) is 29.1 Å². The first-order valence-corrected chi connectivity index (χ1v) is 5.61. The van der Waals surface area contributed by atoms with Gasteiger partial charge in [-0.15, -0.1) is 0 Å². The standard InChI is InChI=1S/C11H19NO/c13-11-7-10(8-12-11)6-9-4-2-1-3-5-9/h9-10H,1-8H2,(H,12,13). The minimum absolute atomic E-state index is 0.265. The number of carbonyl (C=O) groups is 1. The van der Waals surface area contributed by atoms with E-state index < -0.39 is 0 Å². The van der Waals surface area contributed by atoms with Gasteiger partial charge in [0, 0.05) is 13.0 Å². The lowest BCUT2D eigenvalue weighted by molar-refractivity contribution is -0.119. The summed E-state index contributed by atoms with van der Waals surface area (Å²) in [5.74, 6) is 1.84. The quantitative estimate of drug-likeness (QED) is 0.694. The van der Waals surface area contributed by atoms with Gasteiger partial charge in [0.05, 0.1) is 0 Å². The van der Waals surface area contributed by atoms with Crippen molar-refractivity contribution in [1.29, 1.82) is 0 Å². The molecule has 1 aliphatic heterocycles. The van der Waals surface area contributed by atoms with Crippen LogP contribution in [0.3, 0.4) is 0 Å². The van der Waals surface area contributed by atoms with Crippen LogP contribution < -0.4 is 5.32 Å². The molecule has 2 fully saturated rings. The zero-order chi connectivity index (χ0) is 9.10. The summed E-state index contributed by atoms with van der Waals surface area (Å²) in [5, 5.41) is 2.92. The average molecular weight is 181 g/mol. The summed E-state index contributed by atoms with van der Waals surface area (Å²) in [4.78, 5) is 11.0. The van der Waals surface area contributed by atoms with E-state index in [1.807, 2.05) is 0 Å². The number of rotatable bonds is 2. The van der Waals surface area contributed by atoms with Gasteiger partial charge in [0.25, 0.3) is 0 Å². The highest BCUT2D eigenvalue weighted by molar-refractivity contribution is 5.78. The zero-order valence-electron chi connectivity index (χ0n) is 8.22. The Labute approximate surface area is 80.1 Å². The maximum absolute atomic E-state index is 11.0. The maximum atomic E-state index is 11.0. The molecule has 0 bridgehead atoms. The maximum Gasteiger partial charge on any atom is 0.220 e. The van der Waals surface area contributed by atoms with Gasteiger partial charge in [-0.05, 0) is 18.3 Å². The van der Waals surface area contributed by atoms with Crippen LogP contribution in [-0.4, -0.2) is 12.5 Å². The molecule has 1 heterocycles. The van der Waals surface area contributed by atoms with Gasteiger partial charge in [0.2, 0.25) is 5.91 Å². The first-order valence-electron chi connectivity index (χ1n) is 5.61. The third kappa shape index (κ3) is 2.45. The van der Waals surface area contributed by atoms with Crippen LogP contribution >= 0.6 is 0 Å². The van der Waals surface area contributed by atoms with E-state index in [9.17, 15) is 4.79 Å². The molecule has 0 aromatic heterocycles. The number of carbonyl (C=O) groups excluding carboxylic acids is 1. The van der Waals surface area contributed by atoms with E-state index in [-0.39, 0.29) is 5.91 Å². The SMILES string of the molecule is O=C1CC(CC2CCCCC2)CN1. The molecule has 2 heteroatoms. The molecule has 1 saturated heterocycles. The molecule has 2 aliphatic rings. The Morgan fingerprint density at radius 1 is 1.15 bits per heavy atom. The lowest BCUT2D eigenvalue weighted by Crippen LogP contribution is -2.16. The molecule has 1 saturated carbocycles. The summed E-state index contributed by atoms with van der Waals surface area (Å²) < 4.78 is 0. The van der Waals surface area contributed by atoms with Crippen molar-refractivity contribution in [3.63, 3.8) is 0 Å². The van der Waals surface area contributed by atoms with Gasteiger partial charge in [-0.25, -0.2) is 0 Å². The molecule has 0 aromatic rings. The largest absolute Gasteiger partial charge is 0.356 e. The van der Waals surface area contributed by atoms with Crippen LogP contribution in [0.5, 0.6) is 0 Å². The molecule has 74 valence electrons. The summed E-state index contributed by atoms with van der Waals surface area (Å²) >= 11 is 0. The Morgan fingerprint density at radius 3 is 2.54 bits per heavy atom. The van der Waals surface area contributed by atoms with E-state index >= 15 is 0 Å². The van der Waals surface area contributed by atoms with Gasteiger partial charge in [0.1, 0.15) is 0 Å². The van der Waals surface area contributed by atoms with Gasteiger partial charge < -0.3 is 5.32 Å². The van der Waals surface area contributed by atoms with Crippen molar-refractivity contribution in [2.24, 2.45) is 11.8 Å². The van der Waals surface area contributed by atoms with Crippen LogP contribution in [0.1, 0.15) is 44.9 Å². The van der Waals surface area contributed by atoms with E-state index in [1.165, 1.54) is 38.5 Å². The van der Waals surface area contributed by atoms with Crippen molar-refractivity contribution in [3.8, 4) is 0 Å². The highest BCUT2D eigenvalue weighted by atomic mass is 16.1. The third-order valence-electron chi connectivity index (χ3n) is 3.45. The molecule has 1 aliphatic carbocycles. The predicted octanol–water partition coefficient (Wildman–Crippen LogP) is 2.09. The summed E-state index contributed by atoms with van der Waals surface area (Å²) in [7, 11) is 0. The van der Waals surface area contributed by atoms with Crippen molar-refractivity contribution in [3.05, 3.63) is 0 Å². The molecule has 1 atom stereocenters. The monoisotopic (exact) mass is 181 g/mol. The molecule has 2 nitrogen and oxygen atoms in total. The molecular weight excluding hydrogens is 162 g/mol. The van der Waals surface area contributed by atoms with Crippen molar-refractivity contribution >= 4 is 5.91 Å². The van der Waals surface area contributed by atoms with Crippen molar-refractivity contribution in [2.75, 3.05) is 6.54 Å². The fraction of sp³-hybridized carbons (Fsp3) is 0.909. The number of hydrogen-bond acceptors (Lipinski definition) is 1. The van der Waals surface area contributed by atoms with Crippen molar-refractivity contribution in [1.82, 2.24) is 5.32 Å². The predicted molar refractivity (Wildman–Crippen MR) is 52.3 cm³/mol. The van der Waals surface area contributed by atoms with Crippen LogP contribution in [0.25, 0.3) is 0 Å². The van der Waals surface area contributed by atoms with Gasteiger partial charge in [-0.2, -0.15) is 0 Å². The fourth-order valence-corrected chi connectivity index (χ4v) is 2.73. The minimum Gasteiger partial charge on any atom is -0.356 e. The van der Waals surface area contributed by atoms with Crippen LogP contribution in [0.4, 0.5) is 0 Å². The number of nitrogens with one attached hydrogen (secondary N) is 1.